The Labute approximate surface area is 144 Å². The zero-order valence-corrected chi connectivity index (χ0v) is 13.7. The molecule has 1 atom stereocenters. The first-order chi connectivity index (χ1) is 12.2. The van der Waals surface area contributed by atoms with E-state index in [1.54, 1.807) is 0 Å². The molecule has 130 valence electrons. The van der Waals surface area contributed by atoms with Crippen molar-refractivity contribution in [3.05, 3.63) is 36.2 Å². The third kappa shape index (κ3) is 3.01. The van der Waals surface area contributed by atoms with Gasteiger partial charge in [0.1, 0.15) is 5.60 Å². The van der Waals surface area contributed by atoms with E-state index < -0.39 is 11.5 Å². The molecular weight excluding hydrogens is 322 g/mol. The van der Waals surface area contributed by atoms with E-state index in [9.17, 15) is 9.59 Å². The SMILES string of the molecule is O=C1C[C@@H](C(=O)NCc2noc(-c3ccccc3)n2)C2(CCCC2)O1. The predicted octanol–water partition coefficient (Wildman–Crippen LogP) is 2.23. The Balaban J connectivity index is 1.41. The number of rotatable bonds is 4. The van der Waals surface area contributed by atoms with Gasteiger partial charge >= 0.3 is 5.97 Å². The van der Waals surface area contributed by atoms with Gasteiger partial charge < -0.3 is 14.6 Å². The Morgan fingerprint density at radius 2 is 2.00 bits per heavy atom. The molecule has 7 nitrogen and oxygen atoms in total. The van der Waals surface area contributed by atoms with Crippen molar-refractivity contribution < 1.29 is 18.8 Å². The number of carbonyl (C=O) groups excluding carboxylic acids is 2. The second-order valence-electron chi connectivity index (χ2n) is 6.60. The van der Waals surface area contributed by atoms with Crippen molar-refractivity contribution in [1.29, 1.82) is 0 Å². The molecule has 2 aromatic rings. The van der Waals surface area contributed by atoms with Gasteiger partial charge in [0.2, 0.25) is 5.91 Å². The molecule has 1 saturated heterocycles. The highest BCUT2D eigenvalue weighted by atomic mass is 16.6. The van der Waals surface area contributed by atoms with Gasteiger partial charge in [-0.3, -0.25) is 9.59 Å². The van der Waals surface area contributed by atoms with Crippen LogP contribution in [-0.4, -0.2) is 27.6 Å². The van der Waals surface area contributed by atoms with Crippen molar-refractivity contribution in [3.8, 4) is 11.5 Å². The summed E-state index contributed by atoms with van der Waals surface area (Å²) in [6, 6.07) is 9.44. The zero-order chi connectivity index (χ0) is 17.3. The van der Waals surface area contributed by atoms with Crippen LogP contribution in [0.15, 0.2) is 34.9 Å². The van der Waals surface area contributed by atoms with Crippen molar-refractivity contribution in [1.82, 2.24) is 15.5 Å². The molecular formula is C18H19N3O4. The summed E-state index contributed by atoms with van der Waals surface area (Å²) in [6.07, 6.45) is 3.65. The van der Waals surface area contributed by atoms with Crippen molar-refractivity contribution in [2.45, 2.75) is 44.2 Å². The highest BCUT2D eigenvalue weighted by Gasteiger charge is 2.53. The number of benzene rings is 1. The molecule has 0 bridgehead atoms. The largest absolute Gasteiger partial charge is 0.458 e. The summed E-state index contributed by atoms with van der Waals surface area (Å²) in [5.41, 5.74) is 0.223. The molecule has 1 amide bonds. The van der Waals surface area contributed by atoms with Gasteiger partial charge in [-0.05, 0) is 37.8 Å². The lowest BCUT2D eigenvalue weighted by atomic mass is 9.85. The summed E-state index contributed by atoms with van der Waals surface area (Å²) < 4.78 is 10.7. The van der Waals surface area contributed by atoms with Gasteiger partial charge in [-0.25, -0.2) is 0 Å². The minimum absolute atomic E-state index is 0.146. The molecule has 0 radical (unpaired) electrons. The fourth-order valence-corrected chi connectivity index (χ4v) is 3.76. The predicted molar refractivity (Wildman–Crippen MR) is 87.0 cm³/mol. The van der Waals surface area contributed by atoms with Gasteiger partial charge in [0, 0.05) is 5.56 Å². The topological polar surface area (TPSA) is 94.3 Å². The number of amides is 1. The van der Waals surface area contributed by atoms with E-state index in [1.807, 2.05) is 30.3 Å². The molecule has 0 unspecified atom stereocenters. The van der Waals surface area contributed by atoms with E-state index in [0.29, 0.717) is 11.7 Å². The maximum Gasteiger partial charge on any atom is 0.307 e. The van der Waals surface area contributed by atoms with E-state index in [4.69, 9.17) is 9.26 Å². The van der Waals surface area contributed by atoms with Gasteiger partial charge in [0.25, 0.3) is 5.89 Å². The number of hydrogen-bond acceptors (Lipinski definition) is 6. The Bertz CT molecular complexity index is 781. The molecule has 2 heterocycles. The molecule has 1 N–H and O–H groups in total. The summed E-state index contributed by atoms with van der Waals surface area (Å²) in [5, 5.41) is 6.72. The smallest absolute Gasteiger partial charge is 0.307 e. The van der Waals surface area contributed by atoms with Crippen LogP contribution in [0.4, 0.5) is 0 Å². The molecule has 1 aromatic carbocycles. The number of nitrogens with one attached hydrogen (secondary N) is 1. The van der Waals surface area contributed by atoms with E-state index in [-0.39, 0.29) is 24.8 Å². The molecule has 7 heteroatoms. The number of nitrogens with zero attached hydrogens (tertiary/aromatic N) is 2. The lowest BCUT2D eigenvalue weighted by Gasteiger charge is -2.27. The first-order valence-corrected chi connectivity index (χ1v) is 8.54. The second-order valence-corrected chi connectivity index (χ2v) is 6.60. The minimum Gasteiger partial charge on any atom is -0.458 e. The number of esters is 1. The summed E-state index contributed by atoms with van der Waals surface area (Å²) in [7, 11) is 0. The van der Waals surface area contributed by atoms with Crippen LogP contribution in [0, 0.1) is 5.92 Å². The van der Waals surface area contributed by atoms with Crippen molar-refractivity contribution in [2.75, 3.05) is 0 Å². The molecule has 1 saturated carbocycles. The average molecular weight is 341 g/mol. The lowest BCUT2D eigenvalue weighted by Crippen LogP contribution is -2.42. The lowest BCUT2D eigenvalue weighted by molar-refractivity contribution is -0.150. The van der Waals surface area contributed by atoms with Crippen molar-refractivity contribution in [2.24, 2.45) is 5.92 Å². The maximum absolute atomic E-state index is 12.6. The van der Waals surface area contributed by atoms with E-state index >= 15 is 0 Å². The highest BCUT2D eigenvalue weighted by Crippen LogP contribution is 2.45. The summed E-state index contributed by atoms with van der Waals surface area (Å²) >= 11 is 0. The van der Waals surface area contributed by atoms with Crippen LogP contribution >= 0.6 is 0 Å². The minimum atomic E-state index is -0.604. The van der Waals surface area contributed by atoms with Gasteiger partial charge in [-0.2, -0.15) is 4.98 Å². The van der Waals surface area contributed by atoms with Gasteiger partial charge in [0.05, 0.1) is 18.9 Å². The number of ether oxygens (including phenoxy) is 1. The average Bonchev–Trinajstić information content (AvgIpc) is 3.35. The van der Waals surface area contributed by atoms with Gasteiger partial charge in [-0.1, -0.05) is 23.4 Å². The Morgan fingerprint density at radius 1 is 1.24 bits per heavy atom. The Hall–Kier alpha value is -2.70. The molecule has 4 rings (SSSR count). The Morgan fingerprint density at radius 3 is 2.76 bits per heavy atom. The molecule has 1 aliphatic carbocycles. The van der Waals surface area contributed by atoms with Crippen LogP contribution in [0.5, 0.6) is 0 Å². The zero-order valence-electron chi connectivity index (χ0n) is 13.7. The standard InChI is InChI=1S/C18H19N3O4/c22-15-10-13(18(24-15)8-4-5-9-18)16(23)19-11-14-20-17(25-21-14)12-6-2-1-3-7-12/h1-3,6-7,13H,4-5,8-11H2,(H,19,23)/t13-/m0/s1. The molecule has 1 spiro atoms. The molecule has 25 heavy (non-hydrogen) atoms. The number of aromatic nitrogens is 2. The molecule has 1 aliphatic heterocycles. The molecule has 1 aromatic heterocycles. The van der Waals surface area contributed by atoms with Crippen molar-refractivity contribution >= 4 is 11.9 Å². The van der Waals surface area contributed by atoms with Crippen LogP contribution in [-0.2, 0) is 20.9 Å². The maximum atomic E-state index is 12.6. The highest BCUT2D eigenvalue weighted by molar-refractivity contribution is 5.87. The van der Waals surface area contributed by atoms with Crippen LogP contribution in [0.3, 0.4) is 0 Å². The summed E-state index contributed by atoms with van der Waals surface area (Å²) in [6.45, 7) is 0.163. The first-order valence-electron chi connectivity index (χ1n) is 8.54. The fourth-order valence-electron chi connectivity index (χ4n) is 3.76. The van der Waals surface area contributed by atoms with Crippen LogP contribution < -0.4 is 5.32 Å². The molecule has 2 fully saturated rings. The Kier molecular flexibility index (Phi) is 3.99. The monoisotopic (exact) mass is 341 g/mol. The van der Waals surface area contributed by atoms with Gasteiger partial charge in [0.15, 0.2) is 5.82 Å². The normalized spacial score (nSPS) is 21.4. The van der Waals surface area contributed by atoms with Crippen molar-refractivity contribution in [3.63, 3.8) is 0 Å². The first kappa shape index (κ1) is 15.8. The van der Waals surface area contributed by atoms with Crippen LogP contribution in [0.25, 0.3) is 11.5 Å². The van der Waals surface area contributed by atoms with E-state index in [1.165, 1.54) is 0 Å². The van der Waals surface area contributed by atoms with E-state index in [0.717, 1.165) is 31.2 Å². The number of hydrogen-bond donors (Lipinski definition) is 1. The molecule has 2 aliphatic rings. The summed E-state index contributed by atoms with van der Waals surface area (Å²) in [5.74, 6) is -0.0795. The summed E-state index contributed by atoms with van der Waals surface area (Å²) in [4.78, 5) is 28.6. The fraction of sp³-hybridized carbons (Fsp3) is 0.444. The van der Waals surface area contributed by atoms with Gasteiger partial charge in [-0.15, -0.1) is 0 Å². The van der Waals surface area contributed by atoms with Crippen LogP contribution in [0.2, 0.25) is 0 Å². The number of carbonyl (C=O) groups is 2. The second kappa shape index (κ2) is 6.31. The van der Waals surface area contributed by atoms with Crippen LogP contribution in [0.1, 0.15) is 37.9 Å². The third-order valence-electron chi connectivity index (χ3n) is 5.00. The third-order valence-corrected chi connectivity index (χ3v) is 5.00. The quantitative estimate of drug-likeness (QED) is 0.857. The van der Waals surface area contributed by atoms with E-state index in [2.05, 4.69) is 15.5 Å².